The molecule has 0 saturated heterocycles. The summed E-state index contributed by atoms with van der Waals surface area (Å²) in [5, 5.41) is 17.1. The Labute approximate surface area is 217 Å². The predicted octanol–water partition coefficient (Wildman–Crippen LogP) is 5.29. The molecule has 4 N–H and O–H groups in total. The van der Waals surface area contributed by atoms with E-state index in [2.05, 4.69) is 31.4 Å². The third-order valence-electron chi connectivity index (χ3n) is 6.36. The number of fused-ring (bicyclic) bond motifs is 1. The van der Waals surface area contributed by atoms with E-state index >= 15 is 0 Å². The van der Waals surface area contributed by atoms with E-state index in [0.717, 1.165) is 29.7 Å². The molecule has 2 aromatic heterocycles. The number of amides is 2. The Morgan fingerprint density at radius 3 is 2.67 bits per heavy atom. The van der Waals surface area contributed by atoms with Gasteiger partial charge in [0.1, 0.15) is 10.8 Å². The van der Waals surface area contributed by atoms with E-state index in [1.807, 2.05) is 0 Å². The number of nitrogens with zero attached hydrogens (tertiary/aromatic N) is 1. The fourth-order valence-electron chi connectivity index (χ4n) is 4.36. The standard InChI is InChI=1S/C25H26N4O5S2/c1-25(2,3)14-7-8-16-19(12-14)36-23(20(16)21(26)30)28-24(35)27-22(31)18-10-9-17(34-18)13-5-4-6-15(11-13)29(32)33/h4-6,9-11,14H,7-8,12H2,1-3H3,(H2,26,30)(H2,27,28,31,35)/t14-/m1/s1. The summed E-state index contributed by atoms with van der Waals surface area (Å²) in [7, 11) is 0. The van der Waals surface area contributed by atoms with Crippen molar-refractivity contribution in [3.63, 3.8) is 0 Å². The number of hydrogen-bond donors (Lipinski definition) is 3. The van der Waals surface area contributed by atoms with Gasteiger partial charge in [0.2, 0.25) is 0 Å². The van der Waals surface area contributed by atoms with E-state index in [4.69, 9.17) is 22.4 Å². The molecule has 36 heavy (non-hydrogen) atoms. The molecule has 0 bridgehead atoms. The van der Waals surface area contributed by atoms with Crippen LogP contribution in [0.4, 0.5) is 10.7 Å². The molecular formula is C25H26N4O5S2. The summed E-state index contributed by atoms with van der Waals surface area (Å²) in [5.41, 5.74) is 7.61. The highest BCUT2D eigenvalue weighted by atomic mass is 32.1. The fraction of sp³-hybridized carbons (Fsp3) is 0.320. The van der Waals surface area contributed by atoms with Gasteiger partial charge in [-0.25, -0.2) is 0 Å². The molecule has 9 nitrogen and oxygen atoms in total. The minimum absolute atomic E-state index is 0.00164. The number of furan rings is 1. The third-order valence-corrected chi connectivity index (χ3v) is 7.74. The number of primary amides is 1. The zero-order chi connectivity index (χ0) is 26.2. The van der Waals surface area contributed by atoms with Crippen molar-refractivity contribution in [3.8, 4) is 11.3 Å². The molecule has 188 valence electrons. The number of rotatable bonds is 5. The van der Waals surface area contributed by atoms with Gasteiger partial charge in [-0.05, 0) is 60.5 Å². The van der Waals surface area contributed by atoms with Crippen molar-refractivity contribution in [3.05, 3.63) is 68.3 Å². The maximum absolute atomic E-state index is 12.7. The van der Waals surface area contributed by atoms with Crippen molar-refractivity contribution in [1.29, 1.82) is 0 Å². The average Bonchev–Trinajstić information content (AvgIpc) is 3.43. The Morgan fingerprint density at radius 2 is 2.00 bits per heavy atom. The summed E-state index contributed by atoms with van der Waals surface area (Å²) in [6, 6.07) is 8.92. The highest BCUT2D eigenvalue weighted by Crippen LogP contribution is 2.44. The minimum Gasteiger partial charge on any atom is -0.451 e. The van der Waals surface area contributed by atoms with Crippen molar-refractivity contribution < 1.29 is 18.9 Å². The van der Waals surface area contributed by atoms with Crippen LogP contribution in [0.15, 0.2) is 40.8 Å². The molecule has 1 aromatic carbocycles. The molecule has 0 unspecified atom stereocenters. The molecule has 0 spiro atoms. The van der Waals surface area contributed by atoms with Gasteiger partial charge in [-0.3, -0.25) is 25.0 Å². The molecule has 1 aliphatic carbocycles. The van der Waals surface area contributed by atoms with Crippen molar-refractivity contribution in [2.45, 2.75) is 40.0 Å². The number of non-ortho nitro benzene ring substituents is 1. The van der Waals surface area contributed by atoms with E-state index < -0.39 is 16.7 Å². The van der Waals surface area contributed by atoms with Crippen molar-refractivity contribution in [2.75, 3.05) is 5.32 Å². The first-order valence-electron chi connectivity index (χ1n) is 11.4. The summed E-state index contributed by atoms with van der Waals surface area (Å²) >= 11 is 6.76. The Hall–Kier alpha value is -3.57. The molecule has 0 saturated carbocycles. The minimum atomic E-state index is -0.598. The summed E-state index contributed by atoms with van der Waals surface area (Å²) in [6.45, 7) is 6.65. The number of nitro groups is 1. The monoisotopic (exact) mass is 526 g/mol. The number of carbonyl (C=O) groups is 2. The number of nitrogens with two attached hydrogens (primary N) is 1. The van der Waals surface area contributed by atoms with Crippen LogP contribution in [-0.4, -0.2) is 21.9 Å². The molecular weight excluding hydrogens is 500 g/mol. The van der Waals surface area contributed by atoms with Gasteiger partial charge in [0.05, 0.1) is 10.5 Å². The van der Waals surface area contributed by atoms with Crippen LogP contribution >= 0.6 is 23.6 Å². The van der Waals surface area contributed by atoms with Crippen LogP contribution in [0.25, 0.3) is 11.3 Å². The number of nitrogens with one attached hydrogen (secondary N) is 2. The largest absolute Gasteiger partial charge is 0.451 e. The van der Waals surface area contributed by atoms with E-state index in [9.17, 15) is 19.7 Å². The molecule has 4 rings (SSSR count). The summed E-state index contributed by atoms with van der Waals surface area (Å²) in [4.78, 5) is 36.6. The van der Waals surface area contributed by atoms with Gasteiger partial charge in [-0.15, -0.1) is 11.3 Å². The molecule has 1 aliphatic rings. The number of benzene rings is 1. The lowest BCUT2D eigenvalue weighted by molar-refractivity contribution is -0.384. The van der Waals surface area contributed by atoms with E-state index in [1.165, 1.54) is 35.6 Å². The lowest BCUT2D eigenvalue weighted by atomic mass is 9.72. The van der Waals surface area contributed by atoms with Gasteiger partial charge in [-0.2, -0.15) is 0 Å². The zero-order valence-electron chi connectivity index (χ0n) is 20.0. The smallest absolute Gasteiger partial charge is 0.293 e. The maximum Gasteiger partial charge on any atom is 0.293 e. The highest BCUT2D eigenvalue weighted by molar-refractivity contribution is 7.80. The lowest BCUT2D eigenvalue weighted by Gasteiger charge is -2.33. The van der Waals surface area contributed by atoms with Gasteiger partial charge in [0.15, 0.2) is 10.9 Å². The Balaban J connectivity index is 1.48. The molecule has 1 atom stereocenters. The summed E-state index contributed by atoms with van der Waals surface area (Å²) in [6.07, 6.45) is 2.59. The Kier molecular flexibility index (Phi) is 6.96. The maximum atomic E-state index is 12.7. The number of anilines is 1. The second kappa shape index (κ2) is 9.82. The molecule has 2 heterocycles. The second-order valence-electron chi connectivity index (χ2n) is 9.76. The average molecular weight is 527 g/mol. The van der Waals surface area contributed by atoms with Crippen LogP contribution < -0.4 is 16.4 Å². The highest BCUT2D eigenvalue weighted by Gasteiger charge is 2.33. The van der Waals surface area contributed by atoms with Crippen LogP contribution in [0, 0.1) is 21.4 Å². The normalized spacial score (nSPS) is 15.1. The van der Waals surface area contributed by atoms with E-state index in [-0.39, 0.29) is 22.0 Å². The zero-order valence-corrected chi connectivity index (χ0v) is 21.7. The molecule has 0 aliphatic heterocycles. The van der Waals surface area contributed by atoms with Crippen molar-refractivity contribution >= 4 is 51.2 Å². The Bertz CT molecular complexity index is 1370. The number of nitro benzene ring substituents is 1. The fourth-order valence-corrected chi connectivity index (χ4v) is 5.96. The van der Waals surface area contributed by atoms with Gasteiger partial charge in [0.25, 0.3) is 17.5 Å². The number of carbonyl (C=O) groups excluding carboxylic acids is 2. The number of hydrogen-bond acceptors (Lipinski definition) is 7. The third kappa shape index (κ3) is 5.31. The number of thiophene rings is 1. The van der Waals surface area contributed by atoms with Crippen molar-refractivity contribution in [2.24, 2.45) is 17.1 Å². The quantitative estimate of drug-likeness (QED) is 0.233. The van der Waals surface area contributed by atoms with E-state index in [0.29, 0.717) is 27.8 Å². The van der Waals surface area contributed by atoms with Crippen LogP contribution in [0.2, 0.25) is 0 Å². The van der Waals surface area contributed by atoms with Gasteiger partial charge >= 0.3 is 0 Å². The molecule has 0 radical (unpaired) electrons. The van der Waals surface area contributed by atoms with E-state index in [1.54, 1.807) is 12.1 Å². The van der Waals surface area contributed by atoms with Crippen LogP contribution in [0.5, 0.6) is 0 Å². The molecule has 11 heteroatoms. The van der Waals surface area contributed by atoms with Gasteiger partial charge in [0, 0.05) is 22.6 Å². The Morgan fingerprint density at radius 1 is 1.25 bits per heavy atom. The van der Waals surface area contributed by atoms with Gasteiger partial charge < -0.3 is 15.5 Å². The SMILES string of the molecule is CC(C)(C)[C@@H]1CCc2c(sc(NC(=S)NC(=O)c3ccc(-c4cccc([N+](=O)[O-])c4)o3)c2C(N)=O)C1. The first-order valence-corrected chi connectivity index (χ1v) is 12.6. The van der Waals surface area contributed by atoms with Crippen LogP contribution in [0.3, 0.4) is 0 Å². The van der Waals surface area contributed by atoms with Crippen LogP contribution in [-0.2, 0) is 12.8 Å². The lowest BCUT2D eigenvalue weighted by Crippen LogP contribution is -2.34. The molecule has 3 aromatic rings. The number of thiocarbonyl (C=S) groups is 1. The summed E-state index contributed by atoms with van der Waals surface area (Å²) < 4.78 is 5.60. The molecule has 0 fully saturated rings. The molecule has 2 amide bonds. The predicted molar refractivity (Wildman–Crippen MR) is 142 cm³/mol. The summed E-state index contributed by atoms with van der Waals surface area (Å²) in [5.74, 6) is -0.361. The first-order chi connectivity index (χ1) is 16.9. The van der Waals surface area contributed by atoms with Gasteiger partial charge in [-0.1, -0.05) is 32.9 Å². The van der Waals surface area contributed by atoms with Crippen molar-refractivity contribution in [1.82, 2.24) is 5.32 Å². The van der Waals surface area contributed by atoms with Crippen LogP contribution in [0.1, 0.15) is 58.5 Å². The topological polar surface area (TPSA) is 140 Å². The second-order valence-corrected chi connectivity index (χ2v) is 11.3. The first kappa shape index (κ1) is 25.5.